The minimum Gasteiger partial charge on any atom is -0.465 e. The number of allylic oxidation sites excluding steroid dienone is 1. The van der Waals surface area contributed by atoms with Crippen LogP contribution in [0.3, 0.4) is 0 Å². The van der Waals surface area contributed by atoms with Gasteiger partial charge in [0, 0.05) is 5.92 Å². The maximum absolute atomic E-state index is 13.0. The zero-order chi connectivity index (χ0) is 16.9. The van der Waals surface area contributed by atoms with Gasteiger partial charge in [-0.3, -0.25) is 14.4 Å². The van der Waals surface area contributed by atoms with Gasteiger partial charge in [0.2, 0.25) is 5.78 Å². The van der Waals surface area contributed by atoms with E-state index in [-0.39, 0.29) is 18.4 Å². The Balaban J connectivity index is 1.97. The summed E-state index contributed by atoms with van der Waals surface area (Å²) in [5, 5.41) is 2.87. The van der Waals surface area contributed by atoms with Crippen LogP contribution in [0, 0.1) is 17.3 Å². The number of benzene rings is 1. The number of carbonyl (C=O) groups excluding carboxylic acids is 3. The van der Waals surface area contributed by atoms with E-state index in [0.717, 1.165) is 12.0 Å². The molecule has 1 aromatic carbocycles. The lowest BCUT2D eigenvalue weighted by molar-refractivity contribution is -0.194. The van der Waals surface area contributed by atoms with Crippen LogP contribution in [0.1, 0.15) is 25.3 Å². The van der Waals surface area contributed by atoms with Crippen LogP contribution < -0.4 is 5.32 Å². The standard InChI is InChI=1S/C19H19NO4/c1-2-24-17(23)18-13-10-6-7-11-14(13)19(18,20-16(22)15(18)21)12-8-4-3-5-9-12/h3-5,7-9,11,13-14H,2,6,10H2,1H3,(H,20,22)/t13-,14-,18-,19+/m0/s1. The maximum atomic E-state index is 13.0. The van der Waals surface area contributed by atoms with Gasteiger partial charge in [-0.15, -0.1) is 0 Å². The number of hydrogen-bond donors (Lipinski definition) is 1. The highest BCUT2D eigenvalue weighted by atomic mass is 16.5. The molecule has 1 saturated heterocycles. The van der Waals surface area contributed by atoms with Crippen molar-refractivity contribution in [2.75, 3.05) is 6.61 Å². The third-order valence-electron chi connectivity index (χ3n) is 5.80. The predicted molar refractivity (Wildman–Crippen MR) is 85.7 cm³/mol. The Kier molecular flexibility index (Phi) is 3.17. The highest BCUT2D eigenvalue weighted by Gasteiger charge is 2.84. The molecule has 5 heteroatoms. The fourth-order valence-electron chi connectivity index (χ4n) is 5.01. The van der Waals surface area contributed by atoms with E-state index in [4.69, 9.17) is 4.74 Å². The molecule has 1 N–H and O–H groups in total. The van der Waals surface area contributed by atoms with Crippen molar-refractivity contribution in [3.8, 4) is 0 Å². The molecule has 2 aliphatic carbocycles. The summed E-state index contributed by atoms with van der Waals surface area (Å²) < 4.78 is 5.29. The van der Waals surface area contributed by atoms with Crippen molar-refractivity contribution >= 4 is 17.7 Å². The highest BCUT2D eigenvalue weighted by molar-refractivity contribution is 6.46. The van der Waals surface area contributed by atoms with Crippen LogP contribution in [-0.4, -0.2) is 24.3 Å². The summed E-state index contributed by atoms with van der Waals surface area (Å²) in [6.07, 6.45) is 5.61. The number of fused-ring (bicyclic) bond motifs is 4. The molecular weight excluding hydrogens is 306 g/mol. The van der Waals surface area contributed by atoms with Crippen LogP contribution in [0.4, 0.5) is 0 Å². The zero-order valence-corrected chi connectivity index (χ0v) is 13.5. The number of esters is 1. The van der Waals surface area contributed by atoms with Crippen LogP contribution in [0.5, 0.6) is 0 Å². The largest absolute Gasteiger partial charge is 0.465 e. The Morgan fingerprint density at radius 1 is 1.29 bits per heavy atom. The lowest BCUT2D eigenvalue weighted by Gasteiger charge is -2.63. The van der Waals surface area contributed by atoms with Gasteiger partial charge >= 0.3 is 5.97 Å². The number of ether oxygens (including phenoxy) is 1. The molecule has 0 radical (unpaired) electrons. The van der Waals surface area contributed by atoms with Crippen molar-refractivity contribution in [1.82, 2.24) is 5.32 Å². The van der Waals surface area contributed by atoms with E-state index >= 15 is 0 Å². The first-order valence-electron chi connectivity index (χ1n) is 8.37. The zero-order valence-electron chi connectivity index (χ0n) is 13.5. The van der Waals surface area contributed by atoms with E-state index in [1.807, 2.05) is 36.4 Å². The molecule has 5 nitrogen and oxygen atoms in total. The number of rotatable bonds is 3. The quantitative estimate of drug-likeness (QED) is 0.397. The maximum Gasteiger partial charge on any atom is 0.323 e. The topological polar surface area (TPSA) is 72.5 Å². The minimum atomic E-state index is -1.45. The number of amides is 1. The first-order valence-corrected chi connectivity index (χ1v) is 8.37. The molecule has 0 bridgehead atoms. The second-order valence-corrected chi connectivity index (χ2v) is 6.62. The van der Waals surface area contributed by atoms with Crippen molar-refractivity contribution < 1.29 is 19.1 Å². The fraction of sp³-hybridized carbons (Fsp3) is 0.421. The molecule has 0 unspecified atom stereocenters. The van der Waals surface area contributed by atoms with Crippen molar-refractivity contribution in [2.45, 2.75) is 25.3 Å². The molecule has 1 amide bonds. The minimum absolute atomic E-state index is 0.0755. The summed E-state index contributed by atoms with van der Waals surface area (Å²) in [5.41, 5.74) is -1.70. The Morgan fingerprint density at radius 2 is 2.04 bits per heavy atom. The summed E-state index contributed by atoms with van der Waals surface area (Å²) in [5.74, 6) is -2.19. The molecule has 124 valence electrons. The van der Waals surface area contributed by atoms with Crippen LogP contribution in [-0.2, 0) is 24.7 Å². The lowest BCUT2D eigenvalue weighted by atomic mass is 9.39. The van der Waals surface area contributed by atoms with Gasteiger partial charge in [-0.1, -0.05) is 42.5 Å². The number of ketones is 1. The van der Waals surface area contributed by atoms with E-state index in [2.05, 4.69) is 11.4 Å². The van der Waals surface area contributed by atoms with Crippen molar-refractivity contribution in [2.24, 2.45) is 17.3 Å². The Morgan fingerprint density at radius 3 is 2.75 bits per heavy atom. The van der Waals surface area contributed by atoms with Crippen molar-refractivity contribution in [1.29, 1.82) is 0 Å². The van der Waals surface area contributed by atoms with Gasteiger partial charge in [-0.05, 0) is 31.2 Å². The van der Waals surface area contributed by atoms with Gasteiger partial charge in [-0.2, -0.15) is 0 Å². The molecule has 4 atom stereocenters. The van der Waals surface area contributed by atoms with Crippen LogP contribution in [0.15, 0.2) is 42.5 Å². The Hall–Kier alpha value is -2.43. The van der Waals surface area contributed by atoms with Gasteiger partial charge in [0.15, 0.2) is 5.41 Å². The summed E-state index contributed by atoms with van der Waals surface area (Å²) in [6.45, 7) is 1.89. The van der Waals surface area contributed by atoms with E-state index < -0.39 is 28.6 Å². The molecule has 1 aliphatic heterocycles. The summed E-state index contributed by atoms with van der Waals surface area (Å²) in [7, 11) is 0. The number of carbonyl (C=O) groups is 3. The molecule has 1 aromatic rings. The molecular formula is C19H19NO4. The third-order valence-corrected chi connectivity index (χ3v) is 5.80. The first kappa shape index (κ1) is 15.1. The highest BCUT2D eigenvalue weighted by Crippen LogP contribution is 2.69. The van der Waals surface area contributed by atoms with E-state index in [0.29, 0.717) is 6.42 Å². The van der Waals surface area contributed by atoms with E-state index in [1.54, 1.807) is 6.92 Å². The molecule has 4 rings (SSSR count). The average Bonchev–Trinajstić information content (AvgIpc) is 2.80. The molecule has 1 heterocycles. The average molecular weight is 325 g/mol. The molecule has 24 heavy (non-hydrogen) atoms. The molecule has 0 aromatic heterocycles. The lowest BCUT2D eigenvalue weighted by Crippen LogP contribution is -2.74. The Bertz CT molecular complexity index is 756. The number of Topliss-reactive ketones (excluding diaryl/α,β-unsaturated/α-hetero) is 1. The van der Waals surface area contributed by atoms with Crippen LogP contribution in [0.25, 0.3) is 0 Å². The third kappa shape index (κ3) is 1.48. The normalized spacial score (nSPS) is 36.4. The predicted octanol–water partition coefficient (Wildman–Crippen LogP) is 1.73. The summed E-state index contributed by atoms with van der Waals surface area (Å²) >= 11 is 0. The SMILES string of the molecule is CCOC(=O)[C@]12C(=O)C(=O)N[C@]1(c1ccccc1)[C@H]1C=CCC[C@@H]12. The summed E-state index contributed by atoms with van der Waals surface area (Å²) in [6, 6.07) is 9.32. The van der Waals surface area contributed by atoms with Crippen LogP contribution in [0.2, 0.25) is 0 Å². The number of nitrogens with one attached hydrogen (secondary N) is 1. The summed E-state index contributed by atoms with van der Waals surface area (Å²) in [4.78, 5) is 38.2. The smallest absolute Gasteiger partial charge is 0.323 e. The number of hydrogen-bond acceptors (Lipinski definition) is 4. The Labute approximate surface area is 140 Å². The van der Waals surface area contributed by atoms with E-state index in [1.165, 1.54) is 0 Å². The van der Waals surface area contributed by atoms with Crippen LogP contribution >= 0.6 is 0 Å². The molecule has 0 spiro atoms. The fourth-order valence-corrected chi connectivity index (χ4v) is 5.01. The van der Waals surface area contributed by atoms with Gasteiger partial charge in [-0.25, -0.2) is 0 Å². The van der Waals surface area contributed by atoms with Gasteiger partial charge in [0.25, 0.3) is 5.91 Å². The second kappa shape index (κ2) is 5.03. The van der Waals surface area contributed by atoms with Gasteiger partial charge < -0.3 is 10.1 Å². The molecule has 2 fully saturated rings. The first-order chi connectivity index (χ1) is 11.6. The monoisotopic (exact) mass is 325 g/mol. The second-order valence-electron chi connectivity index (χ2n) is 6.62. The molecule has 1 saturated carbocycles. The van der Waals surface area contributed by atoms with Gasteiger partial charge in [0.05, 0.1) is 12.1 Å². The van der Waals surface area contributed by atoms with Crippen molar-refractivity contribution in [3.63, 3.8) is 0 Å². The van der Waals surface area contributed by atoms with Gasteiger partial charge in [0.1, 0.15) is 0 Å². The van der Waals surface area contributed by atoms with Crippen molar-refractivity contribution in [3.05, 3.63) is 48.0 Å². The van der Waals surface area contributed by atoms with E-state index in [9.17, 15) is 14.4 Å². The molecule has 3 aliphatic rings.